The number of carbonyl (C=O) groups is 1. The van der Waals surface area contributed by atoms with E-state index in [0.29, 0.717) is 5.75 Å². The molecule has 0 aliphatic heterocycles. The third-order valence-electron chi connectivity index (χ3n) is 3.13. The van der Waals surface area contributed by atoms with Crippen LogP contribution in [0.3, 0.4) is 0 Å². The van der Waals surface area contributed by atoms with Crippen LogP contribution in [-0.2, 0) is 11.3 Å². The monoisotopic (exact) mass is 304 g/mol. The number of hydrogen-bond acceptors (Lipinski definition) is 4. The summed E-state index contributed by atoms with van der Waals surface area (Å²) in [5.74, 6) is 1.29. The summed E-state index contributed by atoms with van der Waals surface area (Å²) in [5, 5.41) is 9.30. The van der Waals surface area contributed by atoms with Gasteiger partial charge >= 0.3 is 0 Å². The fraction of sp³-hybridized carbons (Fsp3) is 0.400. The highest BCUT2D eigenvalue weighted by Gasteiger charge is 2.15. The number of thioether (sulfide) groups is 1. The lowest BCUT2D eigenvalue weighted by molar-refractivity contribution is -0.125. The van der Waals surface area contributed by atoms with Crippen LogP contribution in [0.2, 0.25) is 0 Å². The SMILES string of the molecule is CCn1c(SCC(=O)N(C)C)nnc1-c1cccc(C)c1. The third kappa shape index (κ3) is 3.64. The summed E-state index contributed by atoms with van der Waals surface area (Å²) in [4.78, 5) is 13.3. The van der Waals surface area contributed by atoms with Gasteiger partial charge in [0.15, 0.2) is 11.0 Å². The second-order valence-electron chi connectivity index (χ2n) is 5.00. The lowest BCUT2D eigenvalue weighted by Crippen LogP contribution is -2.23. The first-order valence-electron chi connectivity index (χ1n) is 6.86. The maximum Gasteiger partial charge on any atom is 0.232 e. The van der Waals surface area contributed by atoms with Gasteiger partial charge in [-0.25, -0.2) is 0 Å². The predicted molar refractivity (Wildman–Crippen MR) is 85.3 cm³/mol. The molecule has 2 rings (SSSR count). The molecule has 0 N–H and O–H groups in total. The highest BCUT2D eigenvalue weighted by molar-refractivity contribution is 7.99. The molecule has 0 unspecified atom stereocenters. The van der Waals surface area contributed by atoms with Gasteiger partial charge in [-0.15, -0.1) is 10.2 Å². The van der Waals surface area contributed by atoms with Crippen LogP contribution in [0.5, 0.6) is 0 Å². The number of aromatic nitrogens is 3. The molecule has 1 amide bonds. The lowest BCUT2D eigenvalue weighted by Gasteiger charge is -2.10. The Balaban J connectivity index is 2.24. The largest absolute Gasteiger partial charge is 0.348 e. The van der Waals surface area contributed by atoms with E-state index < -0.39 is 0 Å². The Morgan fingerprint density at radius 1 is 1.33 bits per heavy atom. The molecule has 5 nitrogen and oxygen atoms in total. The van der Waals surface area contributed by atoms with Gasteiger partial charge in [0.05, 0.1) is 5.75 Å². The normalized spacial score (nSPS) is 10.7. The van der Waals surface area contributed by atoms with Crippen molar-refractivity contribution in [3.05, 3.63) is 29.8 Å². The van der Waals surface area contributed by atoms with Crippen molar-refractivity contribution in [1.82, 2.24) is 19.7 Å². The molecule has 0 aliphatic carbocycles. The van der Waals surface area contributed by atoms with Crippen molar-refractivity contribution in [2.75, 3.05) is 19.8 Å². The smallest absolute Gasteiger partial charge is 0.232 e. The van der Waals surface area contributed by atoms with Crippen molar-refractivity contribution in [3.63, 3.8) is 0 Å². The summed E-state index contributed by atoms with van der Waals surface area (Å²) < 4.78 is 2.04. The van der Waals surface area contributed by atoms with Gasteiger partial charge in [-0.1, -0.05) is 35.5 Å². The average Bonchev–Trinajstić information content (AvgIpc) is 2.87. The van der Waals surface area contributed by atoms with Gasteiger partial charge < -0.3 is 9.47 Å². The Kier molecular flexibility index (Phi) is 5.01. The molecule has 1 aromatic carbocycles. The predicted octanol–water partition coefficient (Wildman–Crippen LogP) is 2.45. The van der Waals surface area contributed by atoms with Crippen LogP contribution >= 0.6 is 11.8 Å². The molecule has 0 spiro atoms. The van der Waals surface area contributed by atoms with E-state index in [-0.39, 0.29) is 5.91 Å². The molecule has 0 bridgehead atoms. The Morgan fingerprint density at radius 2 is 2.10 bits per heavy atom. The van der Waals surface area contributed by atoms with E-state index >= 15 is 0 Å². The zero-order chi connectivity index (χ0) is 15.4. The van der Waals surface area contributed by atoms with Crippen molar-refractivity contribution in [3.8, 4) is 11.4 Å². The maximum atomic E-state index is 11.7. The van der Waals surface area contributed by atoms with Gasteiger partial charge in [-0.05, 0) is 19.9 Å². The Bertz CT molecular complexity index is 636. The molecule has 6 heteroatoms. The van der Waals surface area contributed by atoms with E-state index in [9.17, 15) is 4.79 Å². The van der Waals surface area contributed by atoms with Gasteiger partial charge in [0.2, 0.25) is 5.91 Å². The van der Waals surface area contributed by atoms with Crippen molar-refractivity contribution in [2.24, 2.45) is 0 Å². The van der Waals surface area contributed by atoms with Gasteiger partial charge in [0.25, 0.3) is 0 Å². The van der Waals surface area contributed by atoms with Crippen molar-refractivity contribution in [2.45, 2.75) is 25.5 Å². The fourth-order valence-electron chi connectivity index (χ4n) is 1.93. The molecule has 21 heavy (non-hydrogen) atoms. The number of rotatable bonds is 5. The topological polar surface area (TPSA) is 51.0 Å². The molecule has 2 aromatic rings. The van der Waals surface area contributed by atoms with Crippen molar-refractivity contribution >= 4 is 17.7 Å². The molecule has 0 fully saturated rings. The quantitative estimate of drug-likeness (QED) is 0.796. The lowest BCUT2D eigenvalue weighted by atomic mass is 10.1. The number of aryl methyl sites for hydroxylation is 1. The van der Waals surface area contributed by atoms with Crippen LogP contribution in [-0.4, -0.2) is 45.4 Å². The number of hydrogen-bond donors (Lipinski definition) is 0. The van der Waals surface area contributed by atoms with Gasteiger partial charge in [0, 0.05) is 26.2 Å². The Hall–Kier alpha value is -1.82. The number of benzene rings is 1. The Morgan fingerprint density at radius 3 is 2.71 bits per heavy atom. The van der Waals surface area contributed by atoms with Crippen LogP contribution in [0, 0.1) is 6.92 Å². The van der Waals surface area contributed by atoms with Crippen molar-refractivity contribution < 1.29 is 4.79 Å². The van der Waals surface area contributed by atoms with Crippen LogP contribution in [0.25, 0.3) is 11.4 Å². The van der Waals surface area contributed by atoms with Gasteiger partial charge in [-0.2, -0.15) is 0 Å². The molecule has 0 radical (unpaired) electrons. The first kappa shape index (κ1) is 15.6. The second-order valence-corrected chi connectivity index (χ2v) is 5.94. The van der Waals surface area contributed by atoms with Crippen LogP contribution in [0.1, 0.15) is 12.5 Å². The van der Waals surface area contributed by atoms with Gasteiger partial charge in [-0.3, -0.25) is 4.79 Å². The molecule has 1 heterocycles. The zero-order valence-electron chi connectivity index (χ0n) is 12.8. The summed E-state index contributed by atoms with van der Waals surface area (Å²) in [6.45, 7) is 4.89. The van der Waals surface area contributed by atoms with E-state index in [1.54, 1.807) is 19.0 Å². The minimum atomic E-state index is 0.0720. The third-order valence-corrected chi connectivity index (χ3v) is 4.08. The summed E-state index contributed by atoms with van der Waals surface area (Å²) in [6.07, 6.45) is 0. The summed E-state index contributed by atoms with van der Waals surface area (Å²) in [7, 11) is 3.51. The molecular weight excluding hydrogens is 284 g/mol. The van der Waals surface area contributed by atoms with E-state index in [0.717, 1.165) is 23.1 Å². The highest BCUT2D eigenvalue weighted by atomic mass is 32.2. The van der Waals surface area contributed by atoms with Crippen LogP contribution < -0.4 is 0 Å². The summed E-state index contributed by atoms with van der Waals surface area (Å²) in [6, 6.07) is 8.20. The molecular formula is C15H20N4OS. The second kappa shape index (κ2) is 6.76. The van der Waals surface area contributed by atoms with Crippen molar-refractivity contribution in [1.29, 1.82) is 0 Å². The van der Waals surface area contributed by atoms with E-state index in [1.807, 2.05) is 16.7 Å². The van der Waals surface area contributed by atoms with E-state index in [4.69, 9.17) is 0 Å². The van der Waals surface area contributed by atoms with Crippen LogP contribution in [0.4, 0.5) is 0 Å². The molecule has 0 saturated carbocycles. The van der Waals surface area contributed by atoms with Gasteiger partial charge in [0.1, 0.15) is 0 Å². The minimum Gasteiger partial charge on any atom is -0.348 e. The number of nitrogens with zero attached hydrogens (tertiary/aromatic N) is 4. The summed E-state index contributed by atoms with van der Waals surface area (Å²) >= 11 is 1.43. The summed E-state index contributed by atoms with van der Waals surface area (Å²) in [5.41, 5.74) is 2.24. The molecule has 0 aliphatic rings. The standard InChI is InChI=1S/C15H20N4OS/c1-5-19-14(12-8-6-7-11(2)9-12)16-17-15(19)21-10-13(20)18(3)4/h6-9H,5,10H2,1-4H3. The molecule has 0 saturated heterocycles. The Labute approximate surface area is 129 Å². The van der Waals surface area contributed by atoms with Crippen LogP contribution in [0.15, 0.2) is 29.4 Å². The van der Waals surface area contributed by atoms with E-state index in [1.165, 1.54) is 17.3 Å². The molecule has 0 atom stereocenters. The van der Waals surface area contributed by atoms with E-state index in [2.05, 4.69) is 36.2 Å². The number of carbonyl (C=O) groups excluding carboxylic acids is 1. The zero-order valence-corrected chi connectivity index (χ0v) is 13.6. The fourth-order valence-corrected chi connectivity index (χ4v) is 2.91. The minimum absolute atomic E-state index is 0.0720. The average molecular weight is 304 g/mol. The highest BCUT2D eigenvalue weighted by Crippen LogP contribution is 2.24. The maximum absolute atomic E-state index is 11.7. The first-order chi connectivity index (χ1) is 10.0. The number of amides is 1. The molecule has 1 aromatic heterocycles. The molecule has 112 valence electrons. The first-order valence-corrected chi connectivity index (χ1v) is 7.84.